The lowest BCUT2D eigenvalue weighted by Gasteiger charge is -2.08. The standard InChI is InChI=1S/C13H17N3O/c1-10-3-5-11(6-4-10)9-16-13(17-2)12(7-14)8-15-16/h3-6,8H,7,9,14H2,1-2H3. The zero-order chi connectivity index (χ0) is 12.3. The molecule has 0 amide bonds. The maximum atomic E-state index is 5.62. The van der Waals surface area contributed by atoms with Gasteiger partial charge in [0.1, 0.15) is 0 Å². The van der Waals surface area contributed by atoms with Crippen molar-refractivity contribution in [3.63, 3.8) is 0 Å². The van der Waals surface area contributed by atoms with E-state index >= 15 is 0 Å². The minimum Gasteiger partial charge on any atom is -0.481 e. The van der Waals surface area contributed by atoms with E-state index in [-0.39, 0.29) is 0 Å². The fourth-order valence-corrected chi connectivity index (χ4v) is 1.77. The first-order valence-electron chi connectivity index (χ1n) is 5.59. The highest BCUT2D eigenvalue weighted by Crippen LogP contribution is 2.18. The Hall–Kier alpha value is -1.81. The van der Waals surface area contributed by atoms with E-state index in [0.29, 0.717) is 13.1 Å². The fraction of sp³-hybridized carbons (Fsp3) is 0.308. The molecule has 0 saturated carbocycles. The smallest absolute Gasteiger partial charge is 0.216 e. The predicted octanol–water partition coefficient (Wildman–Crippen LogP) is 1.71. The van der Waals surface area contributed by atoms with Gasteiger partial charge in [0.25, 0.3) is 0 Å². The molecule has 0 bridgehead atoms. The van der Waals surface area contributed by atoms with Crippen LogP contribution in [0.15, 0.2) is 30.5 Å². The van der Waals surface area contributed by atoms with E-state index in [0.717, 1.165) is 11.4 Å². The topological polar surface area (TPSA) is 53.1 Å². The maximum Gasteiger partial charge on any atom is 0.216 e. The van der Waals surface area contributed by atoms with Gasteiger partial charge >= 0.3 is 0 Å². The summed E-state index contributed by atoms with van der Waals surface area (Å²) >= 11 is 0. The van der Waals surface area contributed by atoms with Gasteiger partial charge in [0.05, 0.1) is 19.9 Å². The van der Waals surface area contributed by atoms with Crippen molar-refractivity contribution in [2.75, 3.05) is 7.11 Å². The number of hydrogen-bond acceptors (Lipinski definition) is 3. The molecule has 1 aromatic heterocycles. The van der Waals surface area contributed by atoms with Crippen LogP contribution in [0.3, 0.4) is 0 Å². The van der Waals surface area contributed by atoms with Crippen LogP contribution < -0.4 is 10.5 Å². The van der Waals surface area contributed by atoms with Crippen LogP contribution in [-0.4, -0.2) is 16.9 Å². The van der Waals surface area contributed by atoms with Gasteiger partial charge in [-0.05, 0) is 12.5 Å². The van der Waals surface area contributed by atoms with Crippen molar-refractivity contribution in [1.82, 2.24) is 9.78 Å². The Morgan fingerprint density at radius 2 is 2.00 bits per heavy atom. The molecule has 0 saturated heterocycles. The molecule has 1 aromatic carbocycles. The van der Waals surface area contributed by atoms with Crippen LogP contribution in [0, 0.1) is 6.92 Å². The first-order chi connectivity index (χ1) is 8.24. The molecule has 0 aliphatic carbocycles. The Labute approximate surface area is 101 Å². The van der Waals surface area contributed by atoms with Gasteiger partial charge in [0, 0.05) is 12.1 Å². The van der Waals surface area contributed by atoms with Crippen LogP contribution in [0.2, 0.25) is 0 Å². The summed E-state index contributed by atoms with van der Waals surface area (Å²) in [6.07, 6.45) is 1.76. The second-order valence-electron chi connectivity index (χ2n) is 4.03. The maximum absolute atomic E-state index is 5.62. The number of ether oxygens (including phenoxy) is 1. The van der Waals surface area contributed by atoms with Gasteiger partial charge < -0.3 is 10.5 Å². The number of methoxy groups -OCH3 is 1. The summed E-state index contributed by atoms with van der Waals surface area (Å²) in [7, 11) is 1.64. The minimum atomic E-state index is 0.442. The van der Waals surface area contributed by atoms with Crippen LogP contribution in [0.5, 0.6) is 5.88 Å². The summed E-state index contributed by atoms with van der Waals surface area (Å²) in [4.78, 5) is 0. The van der Waals surface area contributed by atoms with Crippen molar-refractivity contribution >= 4 is 0 Å². The first-order valence-corrected chi connectivity index (χ1v) is 5.59. The largest absolute Gasteiger partial charge is 0.481 e. The molecule has 4 heteroatoms. The highest BCUT2D eigenvalue weighted by Gasteiger charge is 2.09. The minimum absolute atomic E-state index is 0.442. The van der Waals surface area contributed by atoms with Gasteiger partial charge in [-0.25, -0.2) is 4.68 Å². The number of nitrogens with zero attached hydrogens (tertiary/aromatic N) is 2. The third kappa shape index (κ3) is 2.47. The zero-order valence-corrected chi connectivity index (χ0v) is 10.2. The molecule has 2 N–H and O–H groups in total. The summed E-state index contributed by atoms with van der Waals surface area (Å²) in [6, 6.07) is 8.38. The molecule has 0 aliphatic heterocycles. The molecular formula is C13H17N3O. The van der Waals surface area contributed by atoms with E-state index in [2.05, 4.69) is 36.3 Å². The predicted molar refractivity (Wildman–Crippen MR) is 67.0 cm³/mol. The number of aryl methyl sites for hydroxylation is 1. The SMILES string of the molecule is COc1c(CN)cnn1Cc1ccc(C)cc1. The Bertz CT molecular complexity index is 488. The molecule has 1 heterocycles. The Morgan fingerprint density at radius 3 is 2.59 bits per heavy atom. The molecule has 90 valence electrons. The van der Waals surface area contributed by atoms with E-state index in [1.165, 1.54) is 11.1 Å². The number of rotatable bonds is 4. The van der Waals surface area contributed by atoms with Crippen molar-refractivity contribution in [1.29, 1.82) is 0 Å². The second-order valence-corrected chi connectivity index (χ2v) is 4.03. The van der Waals surface area contributed by atoms with Crippen molar-refractivity contribution in [3.05, 3.63) is 47.2 Å². The Balaban J connectivity index is 2.23. The molecule has 2 rings (SSSR count). The van der Waals surface area contributed by atoms with Crippen molar-refractivity contribution < 1.29 is 4.74 Å². The third-order valence-corrected chi connectivity index (χ3v) is 2.73. The Kier molecular flexibility index (Phi) is 3.44. The van der Waals surface area contributed by atoms with Gasteiger partial charge in [0.15, 0.2) is 0 Å². The zero-order valence-electron chi connectivity index (χ0n) is 10.2. The summed E-state index contributed by atoms with van der Waals surface area (Å²) < 4.78 is 7.15. The summed E-state index contributed by atoms with van der Waals surface area (Å²) in [5.41, 5.74) is 9.00. The van der Waals surface area contributed by atoms with E-state index in [1.807, 2.05) is 4.68 Å². The highest BCUT2D eigenvalue weighted by atomic mass is 16.5. The molecule has 0 fully saturated rings. The molecule has 0 aliphatic rings. The monoisotopic (exact) mass is 231 g/mol. The Morgan fingerprint density at radius 1 is 1.29 bits per heavy atom. The molecule has 0 atom stereocenters. The van der Waals surface area contributed by atoms with Gasteiger partial charge in [-0.1, -0.05) is 29.8 Å². The van der Waals surface area contributed by atoms with Gasteiger partial charge in [0.2, 0.25) is 5.88 Å². The lowest BCUT2D eigenvalue weighted by molar-refractivity contribution is 0.363. The van der Waals surface area contributed by atoms with E-state index in [9.17, 15) is 0 Å². The van der Waals surface area contributed by atoms with Gasteiger partial charge in [-0.15, -0.1) is 0 Å². The number of nitrogens with two attached hydrogens (primary N) is 1. The van der Waals surface area contributed by atoms with Crippen LogP contribution >= 0.6 is 0 Å². The lowest BCUT2D eigenvalue weighted by Crippen LogP contribution is -2.06. The van der Waals surface area contributed by atoms with Crippen LogP contribution in [0.1, 0.15) is 16.7 Å². The quantitative estimate of drug-likeness (QED) is 0.871. The summed E-state index contributed by atoms with van der Waals surface area (Å²) in [5, 5.41) is 4.29. The normalized spacial score (nSPS) is 10.5. The fourth-order valence-electron chi connectivity index (χ4n) is 1.77. The van der Waals surface area contributed by atoms with Crippen molar-refractivity contribution in [2.45, 2.75) is 20.0 Å². The third-order valence-electron chi connectivity index (χ3n) is 2.73. The molecule has 0 unspecified atom stereocenters. The van der Waals surface area contributed by atoms with E-state index in [1.54, 1.807) is 13.3 Å². The van der Waals surface area contributed by atoms with E-state index < -0.39 is 0 Å². The van der Waals surface area contributed by atoms with E-state index in [4.69, 9.17) is 10.5 Å². The summed E-state index contributed by atoms with van der Waals surface area (Å²) in [6.45, 7) is 3.21. The van der Waals surface area contributed by atoms with Gasteiger partial charge in [-0.3, -0.25) is 0 Å². The van der Waals surface area contributed by atoms with Gasteiger partial charge in [-0.2, -0.15) is 5.10 Å². The number of benzene rings is 1. The average Bonchev–Trinajstić information content (AvgIpc) is 2.74. The van der Waals surface area contributed by atoms with Crippen LogP contribution in [0.25, 0.3) is 0 Å². The number of hydrogen-bond donors (Lipinski definition) is 1. The summed E-state index contributed by atoms with van der Waals surface area (Å²) in [5.74, 6) is 0.744. The van der Waals surface area contributed by atoms with Crippen molar-refractivity contribution in [2.24, 2.45) is 5.73 Å². The lowest BCUT2D eigenvalue weighted by atomic mass is 10.1. The molecular weight excluding hydrogens is 214 g/mol. The second kappa shape index (κ2) is 5.01. The average molecular weight is 231 g/mol. The highest BCUT2D eigenvalue weighted by molar-refractivity contribution is 5.27. The first kappa shape index (κ1) is 11.7. The molecule has 0 spiro atoms. The molecule has 0 radical (unpaired) electrons. The van der Waals surface area contributed by atoms with Crippen LogP contribution in [-0.2, 0) is 13.1 Å². The molecule has 4 nitrogen and oxygen atoms in total. The van der Waals surface area contributed by atoms with Crippen molar-refractivity contribution in [3.8, 4) is 5.88 Å². The number of aromatic nitrogens is 2. The molecule has 17 heavy (non-hydrogen) atoms. The van der Waals surface area contributed by atoms with Crippen LogP contribution in [0.4, 0.5) is 0 Å². The molecule has 2 aromatic rings.